The zero-order chi connectivity index (χ0) is 32.4. The molecule has 1 aliphatic rings. The molecule has 0 heterocycles. The smallest absolute Gasteiger partial charge is 0.0159 e. The molecule has 0 unspecified atom stereocenters. The van der Waals surface area contributed by atoms with E-state index in [1.807, 2.05) is 0 Å². The van der Waals surface area contributed by atoms with Crippen LogP contribution in [0.2, 0.25) is 0 Å². The largest absolute Gasteiger partial charge is 0.0654 e. The molecular formula is C47H46. The molecule has 0 nitrogen and oxygen atoms in total. The fourth-order valence-electron chi connectivity index (χ4n) is 7.38. The van der Waals surface area contributed by atoms with Crippen molar-refractivity contribution in [1.29, 1.82) is 0 Å². The zero-order valence-corrected chi connectivity index (χ0v) is 28.4. The Morgan fingerprint density at radius 1 is 0.383 bits per heavy atom. The van der Waals surface area contributed by atoms with Crippen molar-refractivity contribution in [3.05, 3.63) is 156 Å². The molecule has 0 radical (unpaired) electrons. The molecule has 0 aliphatic heterocycles. The summed E-state index contributed by atoms with van der Waals surface area (Å²) in [7, 11) is 0. The van der Waals surface area contributed by atoms with Crippen LogP contribution in [0.25, 0.3) is 55.6 Å². The van der Waals surface area contributed by atoms with Gasteiger partial charge in [-0.1, -0.05) is 162 Å². The molecule has 7 rings (SSSR count). The van der Waals surface area contributed by atoms with Gasteiger partial charge in [-0.25, -0.2) is 0 Å². The van der Waals surface area contributed by atoms with E-state index in [1.165, 1.54) is 104 Å². The summed E-state index contributed by atoms with van der Waals surface area (Å²) in [5, 5.41) is 0. The molecule has 234 valence electrons. The molecule has 1 aliphatic carbocycles. The van der Waals surface area contributed by atoms with Gasteiger partial charge in [-0.2, -0.15) is 0 Å². The van der Waals surface area contributed by atoms with Crippen molar-refractivity contribution in [1.82, 2.24) is 0 Å². The molecule has 6 aromatic carbocycles. The van der Waals surface area contributed by atoms with E-state index in [4.69, 9.17) is 0 Å². The Balaban J connectivity index is 1.12. The van der Waals surface area contributed by atoms with Crippen molar-refractivity contribution in [3.63, 3.8) is 0 Å². The SMILES string of the molecule is CCCCc1cccc(-c2ccc(-c3ccc4c(c3)C(C)(C)c3cc(-c5ccc(-c6cccc(CCCC)c6)cc5)ccc3-4)cc2)c1. The van der Waals surface area contributed by atoms with Crippen molar-refractivity contribution in [2.24, 2.45) is 0 Å². The van der Waals surface area contributed by atoms with Crippen molar-refractivity contribution in [2.75, 3.05) is 0 Å². The summed E-state index contributed by atoms with van der Waals surface area (Å²) in [6.07, 6.45) is 7.24. The zero-order valence-electron chi connectivity index (χ0n) is 28.4. The van der Waals surface area contributed by atoms with E-state index >= 15 is 0 Å². The molecule has 0 bridgehead atoms. The first-order chi connectivity index (χ1) is 22.9. The minimum Gasteiger partial charge on any atom is -0.0654 e. The van der Waals surface area contributed by atoms with Crippen LogP contribution in [0.4, 0.5) is 0 Å². The molecule has 0 amide bonds. The van der Waals surface area contributed by atoms with E-state index in [2.05, 4.69) is 161 Å². The van der Waals surface area contributed by atoms with Crippen LogP contribution in [0.1, 0.15) is 75.6 Å². The number of aryl methyl sites for hydroxylation is 2. The maximum Gasteiger partial charge on any atom is 0.0159 e. The molecule has 0 atom stereocenters. The molecule has 0 N–H and O–H groups in total. The standard InChI is InChI=1S/C47H46/c1-5-7-11-33-13-9-15-39(29-33)35-17-21-37(22-18-35)41-25-27-43-44-28-26-42(32-46(44)47(3,4)45(43)31-41)38-23-19-36(20-24-38)40-16-10-14-34(30-40)12-8-6-2/h9-10,13-32H,5-8,11-12H2,1-4H3. The average molecular weight is 611 g/mol. The third-order valence-corrected chi connectivity index (χ3v) is 10.3. The highest BCUT2D eigenvalue weighted by molar-refractivity contribution is 5.86. The van der Waals surface area contributed by atoms with Gasteiger partial charge in [-0.3, -0.25) is 0 Å². The number of hydrogen-bond acceptors (Lipinski definition) is 0. The lowest BCUT2D eigenvalue weighted by molar-refractivity contribution is 0.661. The summed E-state index contributed by atoms with van der Waals surface area (Å²) >= 11 is 0. The molecule has 6 aromatic rings. The van der Waals surface area contributed by atoms with Crippen LogP contribution in [0.15, 0.2) is 133 Å². The van der Waals surface area contributed by atoms with E-state index in [-0.39, 0.29) is 5.41 Å². The van der Waals surface area contributed by atoms with E-state index in [1.54, 1.807) is 0 Å². The quantitative estimate of drug-likeness (QED) is 0.145. The number of unbranched alkanes of at least 4 members (excludes halogenated alkanes) is 2. The second kappa shape index (κ2) is 13.2. The molecule has 47 heavy (non-hydrogen) atoms. The maximum atomic E-state index is 2.43. The van der Waals surface area contributed by atoms with Gasteiger partial charge in [0, 0.05) is 5.41 Å². The van der Waals surface area contributed by atoms with Crippen LogP contribution in [-0.4, -0.2) is 0 Å². The number of rotatable bonds is 10. The lowest BCUT2D eigenvalue weighted by Gasteiger charge is -2.22. The lowest BCUT2D eigenvalue weighted by Crippen LogP contribution is -2.15. The topological polar surface area (TPSA) is 0 Å². The normalized spacial score (nSPS) is 12.9. The Kier molecular flexibility index (Phi) is 8.70. The predicted molar refractivity (Wildman–Crippen MR) is 203 cm³/mol. The Morgan fingerprint density at radius 2 is 0.723 bits per heavy atom. The van der Waals surface area contributed by atoms with Gasteiger partial charge < -0.3 is 0 Å². The molecule has 0 fully saturated rings. The Labute approximate surface area is 282 Å². The van der Waals surface area contributed by atoms with Gasteiger partial charge >= 0.3 is 0 Å². The predicted octanol–water partition coefficient (Wildman–Crippen LogP) is 13.3. The lowest BCUT2D eigenvalue weighted by atomic mass is 9.80. The fraction of sp³-hybridized carbons (Fsp3) is 0.234. The molecule has 0 saturated carbocycles. The first-order valence-electron chi connectivity index (χ1n) is 17.6. The third-order valence-electron chi connectivity index (χ3n) is 10.3. The van der Waals surface area contributed by atoms with Crippen LogP contribution in [-0.2, 0) is 18.3 Å². The van der Waals surface area contributed by atoms with E-state index in [0.29, 0.717) is 0 Å². The summed E-state index contributed by atoms with van der Waals surface area (Å²) < 4.78 is 0. The fourth-order valence-corrected chi connectivity index (χ4v) is 7.38. The number of benzene rings is 6. The Hall–Kier alpha value is -4.68. The first-order valence-corrected chi connectivity index (χ1v) is 17.6. The van der Waals surface area contributed by atoms with Crippen LogP contribution < -0.4 is 0 Å². The number of hydrogen-bond donors (Lipinski definition) is 0. The second-order valence-corrected chi connectivity index (χ2v) is 13.9. The van der Waals surface area contributed by atoms with E-state index in [0.717, 1.165) is 12.8 Å². The van der Waals surface area contributed by atoms with Crippen molar-refractivity contribution >= 4 is 0 Å². The van der Waals surface area contributed by atoms with Crippen molar-refractivity contribution in [3.8, 4) is 55.6 Å². The van der Waals surface area contributed by atoms with Gasteiger partial charge in [-0.15, -0.1) is 0 Å². The van der Waals surface area contributed by atoms with Gasteiger partial charge in [0.2, 0.25) is 0 Å². The van der Waals surface area contributed by atoms with Crippen molar-refractivity contribution in [2.45, 2.75) is 71.6 Å². The first kappa shape index (κ1) is 30.9. The highest BCUT2D eigenvalue weighted by Crippen LogP contribution is 2.50. The molecule has 0 aromatic heterocycles. The molecular weight excluding hydrogens is 565 g/mol. The Morgan fingerprint density at radius 3 is 1.09 bits per heavy atom. The van der Waals surface area contributed by atoms with Gasteiger partial charge in [0.1, 0.15) is 0 Å². The summed E-state index contributed by atoms with van der Waals surface area (Å²) in [5.41, 5.74) is 18.6. The highest BCUT2D eigenvalue weighted by atomic mass is 14.4. The Bertz CT molecular complexity index is 1860. The summed E-state index contributed by atoms with van der Waals surface area (Å²) in [5.74, 6) is 0. The van der Waals surface area contributed by atoms with E-state index < -0.39 is 0 Å². The van der Waals surface area contributed by atoms with Crippen LogP contribution in [0.3, 0.4) is 0 Å². The van der Waals surface area contributed by atoms with Gasteiger partial charge in [-0.05, 0) is 116 Å². The van der Waals surface area contributed by atoms with Crippen LogP contribution in [0.5, 0.6) is 0 Å². The summed E-state index contributed by atoms with van der Waals surface area (Å²) in [6.45, 7) is 9.28. The van der Waals surface area contributed by atoms with Gasteiger partial charge in [0.05, 0.1) is 0 Å². The van der Waals surface area contributed by atoms with Crippen LogP contribution in [0, 0.1) is 0 Å². The molecule has 0 saturated heterocycles. The minimum absolute atomic E-state index is 0.0750. The maximum absolute atomic E-state index is 2.43. The summed E-state index contributed by atoms with van der Waals surface area (Å²) in [4.78, 5) is 0. The minimum atomic E-state index is -0.0750. The van der Waals surface area contributed by atoms with E-state index in [9.17, 15) is 0 Å². The molecule has 0 heteroatoms. The van der Waals surface area contributed by atoms with Crippen molar-refractivity contribution < 1.29 is 0 Å². The van der Waals surface area contributed by atoms with Gasteiger partial charge in [0.25, 0.3) is 0 Å². The molecule has 0 spiro atoms. The van der Waals surface area contributed by atoms with Crippen LogP contribution >= 0.6 is 0 Å². The average Bonchev–Trinajstić information content (AvgIpc) is 3.35. The third kappa shape index (κ3) is 6.22. The highest BCUT2D eigenvalue weighted by Gasteiger charge is 2.35. The second-order valence-electron chi connectivity index (χ2n) is 13.9. The van der Waals surface area contributed by atoms with Gasteiger partial charge in [0.15, 0.2) is 0 Å². The monoisotopic (exact) mass is 610 g/mol. The summed E-state index contributed by atoms with van der Waals surface area (Å²) in [6, 6.07) is 50.5. The number of fused-ring (bicyclic) bond motifs is 3.